The van der Waals surface area contributed by atoms with Crippen molar-refractivity contribution in [3.05, 3.63) is 70.7 Å². The highest BCUT2D eigenvalue weighted by atomic mass is 16.3. The number of aromatic nitrogens is 1. The molecule has 0 spiro atoms. The summed E-state index contributed by atoms with van der Waals surface area (Å²) in [6.07, 6.45) is 6.83. The smallest absolute Gasteiger partial charge is 0.216 e. The van der Waals surface area contributed by atoms with E-state index in [1.54, 1.807) is 0 Å². The molecule has 1 aliphatic carbocycles. The third-order valence-corrected chi connectivity index (χ3v) is 6.54. The minimum Gasteiger partial charge on any atom is -0.456 e. The molecule has 30 heavy (non-hydrogen) atoms. The summed E-state index contributed by atoms with van der Waals surface area (Å²) in [6, 6.07) is 12.5. The fourth-order valence-electron chi connectivity index (χ4n) is 5.00. The number of pyridine rings is 1. The van der Waals surface area contributed by atoms with Gasteiger partial charge >= 0.3 is 0 Å². The Morgan fingerprint density at radius 1 is 1.03 bits per heavy atom. The number of hydrogen-bond acceptors (Lipinski definition) is 1. The average molecular weight is 397 g/mol. The van der Waals surface area contributed by atoms with Crippen LogP contribution in [0.5, 0.6) is 0 Å². The van der Waals surface area contributed by atoms with E-state index in [4.69, 9.17) is 11.0 Å². The van der Waals surface area contributed by atoms with E-state index in [-0.39, 0.29) is 0 Å². The fraction of sp³-hybridized carbons (Fsp3) is 0.333. The molecule has 4 aromatic rings. The topological polar surface area (TPSA) is 21.4 Å². The predicted octanol–water partition coefficient (Wildman–Crippen LogP) is 7.29. The van der Waals surface area contributed by atoms with Gasteiger partial charge in [0.25, 0.3) is 0 Å². The molecule has 0 amide bonds. The quantitative estimate of drug-likeness (QED) is 0.257. The van der Waals surface area contributed by atoms with E-state index in [9.17, 15) is 1.37 Å². The van der Waals surface area contributed by atoms with Gasteiger partial charge in [0.2, 0.25) is 5.69 Å². The summed E-state index contributed by atoms with van der Waals surface area (Å²) >= 11 is 0. The summed E-state index contributed by atoms with van der Waals surface area (Å²) < 4.78 is 18.1. The Bertz CT molecular complexity index is 1370. The van der Waals surface area contributed by atoms with Crippen LogP contribution in [0.15, 0.2) is 47.0 Å². The van der Waals surface area contributed by atoms with E-state index < -0.39 is 5.89 Å². The number of nitrogens with zero attached hydrogens (tertiary/aromatic N) is 2. The van der Waals surface area contributed by atoms with Crippen LogP contribution in [0.25, 0.3) is 38.0 Å². The second-order valence-electron chi connectivity index (χ2n) is 8.50. The standard InChI is InChI=1S/C27H27N2O/c1-17-13-14-20-21-16-18(2)25(28-3)24(19-10-6-5-7-11-19)27(21)30-26(20)23(17)22-12-8-9-15-29(22)4/h8-9,12-16,19H,5-7,10-11H2,1-2,4H3/q+1/i19D. The summed E-state index contributed by atoms with van der Waals surface area (Å²) in [4.78, 5) is 3.89. The SMILES string of the molecule is [2H]C1(c2c([N+]#[C-])c(C)cc3c2oc2c(-c4cccc[n+]4C)c(C)ccc23)CCCCC1. The number of hydrogen-bond donors (Lipinski definition) is 0. The zero-order chi connectivity index (χ0) is 21.8. The molecule has 2 heterocycles. The highest BCUT2D eigenvalue weighted by Gasteiger charge is 2.27. The molecule has 1 saturated carbocycles. The van der Waals surface area contributed by atoms with Gasteiger partial charge in [0.1, 0.15) is 18.2 Å². The summed E-state index contributed by atoms with van der Waals surface area (Å²) in [6.45, 7) is 12.0. The largest absolute Gasteiger partial charge is 0.456 e. The summed E-state index contributed by atoms with van der Waals surface area (Å²) in [5.74, 6) is -0.761. The van der Waals surface area contributed by atoms with Crippen LogP contribution < -0.4 is 4.57 Å². The highest BCUT2D eigenvalue weighted by Crippen LogP contribution is 2.47. The summed E-state index contributed by atoms with van der Waals surface area (Å²) in [5.41, 5.74) is 7.23. The van der Waals surface area contributed by atoms with Gasteiger partial charge in [0.05, 0.1) is 12.1 Å². The maximum Gasteiger partial charge on any atom is 0.216 e. The van der Waals surface area contributed by atoms with Gasteiger partial charge < -0.3 is 4.42 Å². The van der Waals surface area contributed by atoms with Gasteiger partial charge in [-0.2, -0.15) is 0 Å². The highest BCUT2D eigenvalue weighted by molar-refractivity contribution is 6.12. The van der Waals surface area contributed by atoms with Crippen LogP contribution >= 0.6 is 0 Å². The van der Waals surface area contributed by atoms with Crippen molar-refractivity contribution in [1.29, 1.82) is 0 Å². The maximum absolute atomic E-state index is 9.34. The van der Waals surface area contributed by atoms with Crippen molar-refractivity contribution in [3.63, 3.8) is 0 Å². The summed E-state index contributed by atoms with van der Waals surface area (Å²) in [5, 5.41) is 2.08. The van der Waals surface area contributed by atoms with Crippen LogP contribution in [-0.2, 0) is 7.05 Å². The van der Waals surface area contributed by atoms with Gasteiger partial charge in [-0.05, 0) is 49.8 Å². The first kappa shape index (κ1) is 17.7. The van der Waals surface area contributed by atoms with E-state index in [1.807, 2.05) is 32.3 Å². The molecule has 3 heteroatoms. The van der Waals surface area contributed by atoms with Crippen LogP contribution in [0.2, 0.25) is 0 Å². The lowest BCUT2D eigenvalue weighted by Gasteiger charge is -2.23. The van der Waals surface area contributed by atoms with Crippen LogP contribution in [0, 0.1) is 20.4 Å². The summed E-state index contributed by atoms with van der Waals surface area (Å²) in [7, 11) is 2.05. The molecule has 150 valence electrons. The Labute approximate surface area is 179 Å². The minimum absolute atomic E-state index is 0.604. The first-order valence-corrected chi connectivity index (χ1v) is 10.8. The van der Waals surface area contributed by atoms with Crippen molar-refractivity contribution < 1.29 is 10.4 Å². The van der Waals surface area contributed by atoms with Crippen molar-refractivity contribution >= 4 is 27.6 Å². The molecule has 0 bridgehead atoms. The Morgan fingerprint density at radius 3 is 2.57 bits per heavy atom. The first-order chi connectivity index (χ1) is 14.9. The number of rotatable bonds is 2. The number of benzene rings is 2. The van der Waals surface area contributed by atoms with Gasteiger partial charge in [-0.15, -0.1) is 0 Å². The van der Waals surface area contributed by atoms with Crippen molar-refractivity contribution in [2.45, 2.75) is 51.8 Å². The second kappa shape index (κ2) is 7.29. The average Bonchev–Trinajstić information content (AvgIpc) is 3.11. The van der Waals surface area contributed by atoms with Crippen molar-refractivity contribution in [2.24, 2.45) is 7.05 Å². The Balaban J connectivity index is 1.92. The molecule has 0 atom stereocenters. The lowest BCUT2D eigenvalue weighted by Crippen LogP contribution is -2.30. The van der Waals surface area contributed by atoms with E-state index >= 15 is 0 Å². The molecule has 0 unspecified atom stereocenters. The third kappa shape index (κ3) is 2.82. The molecule has 2 aromatic carbocycles. The third-order valence-electron chi connectivity index (χ3n) is 6.54. The normalized spacial score (nSPS) is 16.5. The predicted molar refractivity (Wildman–Crippen MR) is 122 cm³/mol. The number of aryl methyl sites for hydroxylation is 3. The monoisotopic (exact) mass is 396 g/mol. The number of furan rings is 1. The van der Waals surface area contributed by atoms with E-state index in [2.05, 4.69) is 40.6 Å². The minimum atomic E-state index is -0.761. The zero-order valence-corrected chi connectivity index (χ0v) is 17.9. The van der Waals surface area contributed by atoms with Gasteiger partial charge in [-0.25, -0.2) is 9.41 Å². The van der Waals surface area contributed by atoms with Gasteiger partial charge in [0.15, 0.2) is 11.9 Å². The molecule has 0 radical (unpaired) electrons. The molecule has 2 aromatic heterocycles. The van der Waals surface area contributed by atoms with Crippen LogP contribution in [0.1, 0.15) is 56.1 Å². The fourth-order valence-corrected chi connectivity index (χ4v) is 5.00. The lowest BCUT2D eigenvalue weighted by molar-refractivity contribution is -0.660. The molecular formula is C27H27N2O+. The molecule has 0 aliphatic heterocycles. The second-order valence-corrected chi connectivity index (χ2v) is 8.50. The molecule has 0 saturated heterocycles. The molecule has 3 nitrogen and oxygen atoms in total. The lowest BCUT2D eigenvalue weighted by atomic mass is 9.82. The molecular weight excluding hydrogens is 368 g/mol. The molecule has 1 aliphatic rings. The van der Waals surface area contributed by atoms with E-state index in [0.717, 1.165) is 82.0 Å². The van der Waals surface area contributed by atoms with Gasteiger partial charge in [-0.1, -0.05) is 37.5 Å². The zero-order valence-electron chi connectivity index (χ0n) is 18.9. The Kier molecular flexibility index (Phi) is 4.30. The Hall–Kier alpha value is -3.12. The molecule has 1 fully saturated rings. The first-order valence-electron chi connectivity index (χ1n) is 11.3. The molecule has 5 rings (SSSR count). The van der Waals surface area contributed by atoms with Crippen molar-refractivity contribution in [2.75, 3.05) is 0 Å². The van der Waals surface area contributed by atoms with E-state index in [1.165, 1.54) is 0 Å². The van der Waals surface area contributed by atoms with Crippen LogP contribution in [0.3, 0.4) is 0 Å². The van der Waals surface area contributed by atoms with E-state index in [0.29, 0.717) is 5.69 Å². The Morgan fingerprint density at radius 2 is 1.83 bits per heavy atom. The van der Waals surface area contributed by atoms with Crippen molar-refractivity contribution in [1.82, 2.24) is 0 Å². The van der Waals surface area contributed by atoms with Crippen LogP contribution in [-0.4, -0.2) is 0 Å². The number of fused-ring (bicyclic) bond motifs is 3. The molecule has 0 N–H and O–H groups in total. The maximum atomic E-state index is 9.34. The van der Waals surface area contributed by atoms with Crippen molar-refractivity contribution in [3.8, 4) is 11.3 Å². The van der Waals surface area contributed by atoms with Gasteiger partial charge in [0, 0.05) is 29.8 Å². The van der Waals surface area contributed by atoms with Gasteiger partial charge in [-0.3, -0.25) is 0 Å². The van der Waals surface area contributed by atoms with Crippen LogP contribution in [0.4, 0.5) is 5.69 Å².